The highest BCUT2D eigenvalue weighted by atomic mass is 35.5. The second-order valence-corrected chi connectivity index (χ2v) is 8.43. The average molecular weight is 416 g/mol. The van der Waals surface area contributed by atoms with E-state index in [1.54, 1.807) is 7.11 Å². The van der Waals surface area contributed by atoms with Crippen LogP contribution in [-0.4, -0.2) is 68.0 Å². The van der Waals surface area contributed by atoms with Gasteiger partial charge in [-0.1, -0.05) is 29.8 Å². The van der Waals surface area contributed by atoms with Crippen LogP contribution in [0.25, 0.3) is 0 Å². The molecule has 3 heterocycles. The first-order valence-corrected chi connectivity index (χ1v) is 10.9. The molecule has 6 heteroatoms. The van der Waals surface area contributed by atoms with Gasteiger partial charge in [-0.15, -0.1) is 0 Å². The monoisotopic (exact) mass is 415 g/mol. The zero-order chi connectivity index (χ0) is 20.1. The number of benzene rings is 1. The Kier molecular flexibility index (Phi) is 7.03. The largest absolute Gasteiger partial charge is 0.382 e. The summed E-state index contributed by atoms with van der Waals surface area (Å²) in [6.07, 6.45) is 5.30. The van der Waals surface area contributed by atoms with Crippen molar-refractivity contribution in [3.8, 4) is 0 Å². The predicted octanol–water partition coefficient (Wildman–Crippen LogP) is 3.66. The number of morpholine rings is 1. The second kappa shape index (κ2) is 9.90. The molecular formula is C23H30ClN3O2. The Hall–Kier alpha value is -1.66. The van der Waals surface area contributed by atoms with Gasteiger partial charge in [-0.25, -0.2) is 4.98 Å². The van der Waals surface area contributed by atoms with Crippen LogP contribution in [0.15, 0.2) is 48.7 Å². The molecule has 2 aliphatic rings. The fraction of sp³-hybridized carbons (Fsp3) is 0.522. The van der Waals surface area contributed by atoms with Crippen LogP contribution < -0.4 is 4.90 Å². The number of hydrogen-bond acceptors (Lipinski definition) is 5. The van der Waals surface area contributed by atoms with Gasteiger partial charge in [-0.2, -0.15) is 0 Å². The van der Waals surface area contributed by atoms with Crippen LogP contribution >= 0.6 is 11.6 Å². The maximum absolute atomic E-state index is 6.13. The number of piperidine rings is 1. The first-order valence-electron chi connectivity index (χ1n) is 10.5. The molecule has 0 amide bonds. The Balaban J connectivity index is 1.42. The molecule has 0 N–H and O–H groups in total. The third-order valence-corrected chi connectivity index (χ3v) is 6.30. The lowest BCUT2D eigenvalue weighted by atomic mass is 9.96. The van der Waals surface area contributed by atoms with Gasteiger partial charge in [-0.3, -0.25) is 4.90 Å². The summed E-state index contributed by atoms with van der Waals surface area (Å²) in [5.41, 5.74) is 1.31. The maximum Gasteiger partial charge on any atom is 0.128 e. The molecule has 0 unspecified atom stereocenters. The van der Waals surface area contributed by atoms with Gasteiger partial charge in [-0.05, 0) is 49.1 Å². The number of nitrogens with zero attached hydrogens (tertiary/aromatic N) is 3. The summed E-state index contributed by atoms with van der Waals surface area (Å²) in [6, 6.07) is 15.3. The van der Waals surface area contributed by atoms with Gasteiger partial charge in [0.15, 0.2) is 0 Å². The Morgan fingerprint density at radius 1 is 1.14 bits per heavy atom. The Morgan fingerprint density at radius 2 is 1.93 bits per heavy atom. The van der Waals surface area contributed by atoms with Gasteiger partial charge in [0.05, 0.1) is 19.3 Å². The summed E-state index contributed by atoms with van der Waals surface area (Å²) in [5.74, 6) is 1.09. The van der Waals surface area contributed by atoms with Crippen molar-refractivity contribution in [2.24, 2.45) is 0 Å². The molecular weight excluding hydrogens is 386 g/mol. The van der Waals surface area contributed by atoms with Crippen molar-refractivity contribution in [2.45, 2.75) is 37.5 Å². The maximum atomic E-state index is 6.13. The Bertz CT molecular complexity index is 750. The highest BCUT2D eigenvalue weighted by Gasteiger charge is 2.35. The third-order valence-electron chi connectivity index (χ3n) is 6.05. The standard InChI is InChI=1S/C23H30ClN3O2/c1-28-17-22-15-27(21(16-29-22)14-18-5-7-19(24)8-6-18)20-9-12-26(13-10-20)23-4-2-3-11-25-23/h2-8,11,20-22H,9-10,12-17H2,1H3/t21-,22+/m0/s1. The average Bonchev–Trinajstić information content (AvgIpc) is 2.77. The lowest BCUT2D eigenvalue weighted by Crippen LogP contribution is -2.58. The lowest BCUT2D eigenvalue weighted by Gasteiger charge is -2.47. The first-order chi connectivity index (χ1) is 14.2. The predicted molar refractivity (Wildman–Crippen MR) is 117 cm³/mol. The summed E-state index contributed by atoms with van der Waals surface area (Å²) in [7, 11) is 1.75. The van der Waals surface area contributed by atoms with Gasteiger partial charge in [0.25, 0.3) is 0 Å². The fourth-order valence-electron chi connectivity index (χ4n) is 4.55. The molecule has 0 spiro atoms. The molecule has 0 radical (unpaired) electrons. The van der Waals surface area contributed by atoms with E-state index in [1.807, 2.05) is 24.4 Å². The van der Waals surface area contributed by atoms with E-state index in [2.05, 4.69) is 39.0 Å². The summed E-state index contributed by atoms with van der Waals surface area (Å²) in [6.45, 7) is 4.41. The van der Waals surface area contributed by atoms with Crippen LogP contribution in [0.5, 0.6) is 0 Å². The van der Waals surface area contributed by atoms with Gasteiger partial charge < -0.3 is 14.4 Å². The van der Waals surface area contributed by atoms with Crippen molar-refractivity contribution in [3.63, 3.8) is 0 Å². The number of halogens is 1. The summed E-state index contributed by atoms with van der Waals surface area (Å²) in [5, 5.41) is 0.785. The van der Waals surface area contributed by atoms with E-state index in [-0.39, 0.29) is 6.10 Å². The number of pyridine rings is 1. The zero-order valence-electron chi connectivity index (χ0n) is 17.0. The van der Waals surface area contributed by atoms with Crippen molar-refractivity contribution in [3.05, 3.63) is 59.2 Å². The number of ether oxygens (including phenoxy) is 2. The van der Waals surface area contributed by atoms with Gasteiger partial charge in [0, 0.05) is 50.0 Å². The van der Waals surface area contributed by atoms with Crippen LogP contribution in [0.4, 0.5) is 5.82 Å². The number of anilines is 1. The number of methoxy groups -OCH3 is 1. The van der Waals surface area contributed by atoms with Crippen molar-refractivity contribution in [1.82, 2.24) is 9.88 Å². The molecule has 2 aliphatic heterocycles. The van der Waals surface area contributed by atoms with E-state index in [0.717, 1.165) is 56.3 Å². The van der Waals surface area contributed by atoms with E-state index in [9.17, 15) is 0 Å². The SMILES string of the molecule is COC[C@H]1CN(C2CCN(c3ccccn3)CC2)[C@@H](Cc2ccc(Cl)cc2)CO1. The highest BCUT2D eigenvalue weighted by molar-refractivity contribution is 6.30. The van der Waals surface area contributed by atoms with Crippen molar-refractivity contribution in [2.75, 3.05) is 44.9 Å². The number of hydrogen-bond donors (Lipinski definition) is 0. The van der Waals surface area contributed by atoms with Gasteiger partial charge in [0.2, 0.25) is 0 Å². The molecule has 2 fully saturated rings. The molecule has 2 saturated heterocycles. The molecule has 1 aromatic heterocycles. The molecule has 2 atom stereocenters. The van der Waals surface area contributed by atoms with Crippen molar-refractivity contribution >= 4 is 17.4 Å². The van der Waals surface area contributed by atoms with Crippen LogP contribution in [0.3, 0.4) is 0 Å². The van der Waals surface area contributed by atoms with Crippen molar-refractivity contribution in [1.29, 1.82) is 0 Å². The van der Waals surface area contributed by atoms with E-state index >= 15 is 0 Å². The highest BCUT2D eigenvalue weighted by Crippen LogP contribution is 2.27. The molecule has 156 valence electrons. The Labute approximate surface area is 178 Å². The van der Waals surface area contributed by atoms with Gasteiger partial charge >= 0.3 is 0 Å². The minimum absolute atomic E-state index is 0.148. The second-order valence-electron chi connectivity index (χ2n) is 8.00. The molecule has 0 saturated carbocycles. The van der Waals surface area contributed by atoms with E-state index in [0.29, 0.717) is 18.7 Å². The molecule has 0 aliphatic carbocycles. The third kappa shape index (κ3) is 5.28. The summed E-state index contributed by atoms with van der Waals surface area (Å²) < 4.78 is 11.5. The zero-order valence-corrected chi connectivity index (χ0v) is 17.8. The summed E-state index contributed by atoms with van der Waals surface area (Å²) in [4.78, 5) is 9.60. The molecule has 5 nitrogen and oxygen atoms in total. The Morgan fingerprint density at radius 3 is 2.62 bits per heavy atom. The van der Waals surface area contributed by atoms with Crippen LogP contribution in [0, 0.1) is 0 Å². The first kappa shape index (κ1) is 20.6. The molecule has 0 bridgehead atoms. The van der Waals surface area contributed by atoms with Crippen LogP contribution in [0.2, 0.25) is 5.02 Å². The lowest BCUT2D eigenvalue weighted by molar-refractivity contribution is -0.103. The smallest absolute Gasteiger partial charge is 0.128 e. The van der Waals surface area contributed by atoms with E-state index in [1.165, 1.54) is 5.56 Å². The number of rotatable bonds is 6. The quantitative estimate of drug-likeness (QED) is 0.719. The molecule has 4 rings (SSSR count). The topological polar surface area (TPSA) is 37.8 Å². The van der Waals surface area contributed by atoms with Crippen molar-refractivity contribution < 1.29 is 9.47 Å². The minimum atomic E-state index is 0.148. The van der Waals surface area contributed by atoms with Gasteiger partial charge in [0.1, 0.15) is 5.82 Å². The van der Waals surface area contributed by atoms with E-state index < -0.39 is 0 Å². The summed E-state index contributed by atoms with van der Waals surface area (Å²) >= 11 is 6.06. The fourth-order valence-corrected chi connectivity index (χ4v) is 4.68. The van der Waals surface area contributed by atoms with Crippen LogP contribution in [-0.2, 0) is 15.9 Å². The molecule has 2 aromatic rings. The minimum Gasteiger partial charge on any atom is -0.382 e. The molecule has 1 aromatic carbocycles. The normalized spacial score (nSPS) is 24.0. The molecule has 29 heavy (non-hydrogen) atoms. The number of aromatic nitrogens is 1. The van der Waals surface area contributed by atoms with E-state index in [4.69, 9.17) is 21.1 Å². The van der Waals surface area contributed by atoms with Crippen LogP contribution in [0.1, 0.15) is 18.4 Å².